The van der Waals surface area contributed by atoms with Gasteiger partial charge in [0, 0.05) is 25.7 Å². The predicted octanol–water partition coefficient (Wildman–Crippen LogP) is 3.10. The zero-order valence-corrected chi connectivity index (χ0v) is 11.6. The molecule has 0 saturated heterocycles. The maximum atomic E-state index is 3.69. The van der Waals surface area contributed by atoms with Crippen molar-refractivity contribution in [3.63, 3.8) is 0 Å². The van der Waals surface area contributed by atoms with Gasteiger partial charge in [-0.1, -0.05) is 19.3 Å². The van der Waals surface area contributed by atoms with E-state index in [0.717, 1.165) is 25.7 Å². The minimum absolute atomic E-state index is 0.790. The highest BCUT2D eigenvalue weighted by Crippen LogP contribution is 2.17. The Morgan fingerprint density at radius 2 is 2.18 bits per heavy atom. The molecule has 2 rings (SSSR count). The smallest absolute Gasteiger partial charge is 0.0239 e. The third-order valence-corrected chi connectivity index (χ3v) is 4.30. The van der Waals surface area contributed by atoms with E-state index in [0.29, 0.717) is 0 Å². The van der Waals surface area contributed by atoms with Crippen LogP contribution < -0.4 is 5.32 Å². The summed E-state index contributed by atoms with van der Waals surface area (Å²) in [7, 11) is 2.21. The van der Waals surface area contributed by atoms with E-state index in [4.69, 9.17) is 0 Å². The van der Waals surface area contributed by atoms with Crippen molar-refractivity contribution in [2.45, 2.75) is 44.7 Å². The van der Waals surface area contributed by atoms with Crippen molar-refractivity contribution >= 4 is 11.3 Å². The topological polar surface area (TPSA) is 15.3 Å². The molecule has 1 aromatic heterocycles. The fourth-order valence-electron chi connectivity index (χ4n) is 2.54. The summed E-state index contributed by atoms with van der Waals surface area (Å²) in [5.41, 5.74) is 1.44. The number of nitrogens with one attached hydrogen (secondary N) is 1. The van der Waals surface area contributed by atoms with Crippen LogP contribution in [0.2, 0.25) is 0 Å². The summed E-state index contributed by atoms with van der Waals surface area (Å²) in [6.07, 6.45) is 7.05. The second-order valence-corrected chi connectivity index (χ2v) is 5.94. The third-order valence-electron chi connectivity index (χ3n) is 3.56. The second-order valence-electron chi connectivity index (χ2n) is 5.16. The van der Waals surface area contributed by atoms with E-state index in [1.54, 1.807) is 11.3 Å². The van der Waals surface area contributed by atoms with Crippen LogP contribution in [0.3, 0.4) is 0 Å². The quantitative estimate of drug-likeness (QED) is 0.837. The molecule has 3 heteroatoms. The molecule has 1 aromatic rings. The first kappa shape index (κ1) is 13.1. The van der Waals surface area contributed by atoms with E-state index in [9.17, 15) is 0 Å². The predicted molar refractivity (Wildman–Crippen MR) is 75.5 cm³/mol. The van der Waals surface area contributed by atoms with E-state index < -0.39 is 0 Å². The summed E-state index contributed by atoms with van der Waals surface area (Å²) in [6, 6.07) is 3.01. The van der Waals surface area contributed by atoms with Crippen LogP contribution in [0.25, 0.3) is 0 Å². The molecule has 0 spiro atoms. The maximum absolute atomic E-state index is 3.69. The largest absolute Gasteiger partial charge is 0.313 e. The lowest BCUT2D eigenvalue weighted by atomic mass is 9.95. The van der Waals surface area contributed by atoms with E-state index in [1.807, 2.05) is 0 Å². The number of thiophene rings is 1. The van der Waals surface area contributed by atoms with E-state index in [2.05, 4.69) is 34.1 Å². The Bertz CT molecular complexity index is 291. The molecule has 0 aliphatic heterocycles. The summed E-state index contributed by atoms with van der Waals surface area (Å²) >= 11 is 1.79. The first-order valence-corrected chi connectivity index (χ1v) is 7.72. The van der Waals surface area contributed by atoms with Crippen LogP contribution in [0, 0.1) is 0 Å². The molecule has 1 N–H and O–H groups in total. The summed E-state index contributed by atoms with van der Waals surface area (Å²) < 4.78 is 0. The summed E-state index contributed by atoms with van der Waals surface area (Å²) in [6.45, 7) is 3.35. The number of nitrogens with zero attached hydrogens (tertiary/aromatic N) is 1. The number of rotatable bonds is 6. The lowest BCUT2D eigenvalue weighted by Crippen LogP contribution is -2.36. The Kier molecular flexibility index (Phi) is 5.49. The Labute approximate surface area is 109 Å². The molecule has 0 bridgehead atoms. The molecule has 0 radical (unpaired) electrons. The molecule has 0 aromatic carbocycles. The van der Waals surface area contributed by atoms with Gasteiger partial charge in [0.2, 0.25) is 0 Å². The van der Waals surface area contributed by atoms with Gasteiger partial charge < -0.3 is 10.2 Å². The van der Waals surface area contributed by atoms with Crippen LogP contribution in [-0.4, -0.2) is 31.1 Å². The van der Waals surface area contributed by atoms with E-state index in [-0.39, 0.29) is 0 Å². The highest BCUT2D eigenvalue weighted by atomic mass is 32.1. The molecule has 96 valence electrons. The minimum Gasteiger partial charge on any atom is -0.313 e. The molecule has 0 unspecified atom stereocenters. The van der Waals surface area contributed by atoms with Crippen LogP contribution in [0.5, 0.6) is 0 Å². The number of hydrogen-bond acceptors (Lipinski definition) is 3. The zero-order chi connectivity index (χ0) is 11.9. The van der Waals surface area contributed by atoms with Crippen LogP contribution >= 0.6 is 11.3 Å². The number of likely N-dealkylation sites (N-methyl/N-ethyl adjacent to an activating group) is 1. The van der Waals surface area contributed by atoms with Gasteiger partial charge in [-0.05, 0) is 42.3 Å². The highest BCUT2D eigenvalue weighted by Gasteiger charge is 2.12. The summed E-state index contributed by atoms with van der Waals surface area (Å²) in [5.74, 6) is 0. The first-order valence-electron chi connectivity index (χ1n) is 6.77. The molecule has 1 fully saturated rings. The molecule has 1 heterocycles. The van der Waals surface area contributed by atoms with Crippen molar-refractivity contribution in [2.24, 2.45) is 0 Å². The van der Waals surface area contributed by atoms with Crippen LogP contribution in [-0.2, 0) is 6.54 Å². The second kappa shape index (κ2) is 7.14. The van der Waals surface area contributed by atoms with Gasteiger partial charge in [0.05, 0.1) is 0 Å². The fraction of sp³-hybridized carbons (Fsp3) is 0.714. The Hall–Kier alpha value is -0.380. The highest BCUT2D eigenvalue weighted by molar-refractivity contribution is 7.07. The van der Waals surface area contributed by atoms with Gasteiger partial charge in [-0.2, -0.15) is 11.3 Å². The number of hydrogen-bond donors (Lipinski definition) is 1. The average Bonchev–Trinajstić information content (AvgIpc) is 2.83. The van der Waals surface area contributed by atoms with Crippen molar-refractivity contribution in [3.05, 3.63) is 22.4 Å². The van der Waals surface area contributed by atoms with Gasteiger partial charge >= 0.3 is 0 Å². The van der Waals surface area contributed by atoms with Gasteiger partial charge in [0.15, 0.2) is 0 Å². The van der Waals surface area contributed by atoms with Gasteiger partial charge in [-0.3, -0.25) is 0 Å². The molecule has 2 nitrogen and oxygen atoms in total. The fourth-order valence-corrected chi connectivity index (χ4v) is 3.20. The van der Waals surface area contributed by atoms with Crippen molar-refractivity contribution in [1.29, 1.82) is 0 Å². The maximum Gasteiger partial charge on any atom is 0.0239 e. The Balaban J connectivity index is 1.58. The molecule has 1 aliphatic carbocycles. The SMILES string of the molecule is CN(CCNC1CCCCC1)Cc1ccsc1. The zero-order valence-electron chi connectivity index (χ0n) is 10.8. The van der Waals surface area contributed by atoms with Crippen molar-refractivity contribution in [1.82, 2.24) is 10.2 Å². The summed E-state index contributed by atoms with van der Waals surface area (Å²) in [5, 5.41) is 8.09. The first-order chi connectivity index (χ1) is 8.34. The lowest BCUT2D eigenvalue weighted by molar-refractivity contribution is 0.301. The van der Waals surface area contributed by atoms with Crippen molar-refractivity contribution in [2.75, 3.05) is 20.1 Å². The lowest BCUT2D eigenvalue weighted by Gasteiger charge is -2.24. The van der Waals surface area contributed by atoms with Gasteiger partial charge in [0.25, 0.3) is 0 Å². The molecule has 0 amide bonds. The third kappa shape index (κ3) is 4.78. The van der Waals surface area contributed by atoms with E-state index >= 15 is 0 Å². The van der Waals surface area contributed by atoms with Crippen LogP contribution in [0.4, 0.5) is 0 Å². The minimum atomic E-state index is 0.790. The van der Waals surface area contributed by atoms with E-state index in [1.165, 1.54) is 37.7 Å². The molecule has 1 aliphatic rings. The molecule has 0 atom stereocenters. The van der Waals surface area contributed by atoms with Gasteiger partial charge in [-0.25, -0.2) is 0 Å². The molecule has 1 saturated carbocycles. The van der Waals surface area contributed by atoms with Crippen LogP contribution in [0.1, 0.15) is 37.7 Å². The Morgan fingerprint density at radius 3 is 2.88 bits per heavy atom. The normalized spacial score (nSPS) is 17.8. The van der Waals surface area contributed by atoms with Gasteiger partial charge in [0.1, 0.15) is 0 Å². The standard InChI is InChI=1S/C14H24N2S/c1-16(11-13-7-10-17-12-13)9-8-15-14-5-3-2-4-6-14/h7,10,12,14-15H,2-6,8-9,11H2,1H3. The molecular weight excluding hydrogens is 228 g/mol. The molecular formula is C14H24N2S. The average molecular weight is 252 g/mol. The van der Waals surface area contributed by atoms with Crippen molar-refractivity contribution in [3.8, 4) is 0 Å². The van der Waals surface area contributed by atoms with Gasteiger partial charge in [-0.15, -0.1) is 0 Å². The Morgan fingerprint density at radius 1 is 1.35 bits per heavy atom. The summed E-state index contributed by atoms with van der Waals surface area (Å²) in [4.78, 5) is 2.40. The van der Waals surface area contributed by atoms with Crippen molar-refractivity contribution < 1.29 is 0 Å². The molecule has 17 heavy (non-hydrogen) atoms. The monoisotopic (exact) mass is 252 g/mol. The van der Waals surface area contributed by atoms with Crippen LogP contribution in [0.15, 0.2) is 16.8 Å².